The van der Waals surface area contributed by atoms with Gasteiger partial charge in [0.05, 0.1) is 18.9 Å². The largest absolute Gasteiger partial charge is 0.383 e. The molecule has 1 aromatic rings. The van der Waals surface area contributed by atoms with Crippen molar-refractivity contribution in [2.45, 2.75) is 19.3 Å². The number of hydrogen-bond acceptors (Lipinski definition) is 4. The van der Waals surface area contributed by atoms with E-state index in [1.807, 2.05) is 30.3 Å². The average Bonchev–Trinajstić information content (AvgIpc) is 3.04. The molecule has 1 aliphatic rings. The highest BCUT2D eigenvalue weighted by Gasteiger charge is 2.21. The first-order chi connectivity index (χ1) is 10.7. The van der Waals surface area contributed by atoms with Crippen LogP contribution in [0, 0.1) is 0 Å². The highest BCUT2D eigenvalue weighted by Crippen LogP contribution is 2.14. The molecule has 6 heteroatoms. The van der Waals surface area contributed by atoms with Crippen LogP contribution in [0.3, 0.4) is 0 Å². The first kappa shape index (κ1) is 16.2. The number of carbonyl (C=O) groups excluding carboxylic acids is 2. The molecule has 0 spiro atoms. The lowest BCUT2D eigenvalue weighted by molar-refractivity contribution is -0.133. The van der Waals surface area contributed by atoms with Gasteiger partial charge < -0.3 is 10.1 Å². The van der Waals surface area contributed by atoms with Crippen molar-refractivity contribution in [3.63, 3.8) is 0 Å². The van der Waals surface area contributed by atoms with E-state index in [9.17, 15) is 9.59 Å². The van der Waals surface area contributed by atoms with Crippen LogP contribution in [0.15, 0.2) is 35.4 Å². The molecule has 6 nitrogen and oxygen atoms in total. The predicted molar refractivity (Wildman–Crippen MR) is 83.4 cm³/mol. The summed E-state index contributed by atoms with van der Waals surface area (Å²) in [5, 5.41) is 8.52. The van der Waals surface area contributed by atoms with Crippen LogP contribution in [-0.4, -0.2) is 49.3 Å². The summed E-state index contributed by atoms with van der Waals surface area (Å²) in [6.45, 7) is 1.51. The highest BCUT2D eigenvalue weighted by atomic mass is 16.5. The molecule has 1 aliphatic heterocycles. The Balaban J connectivity index is 1.79. The molecule has 2 rings (SSSR count). The number of nitrogens with one attached hydrogen (secondary N) is 1. The number of benzene rings is 1. The predicted octanol–water partition coefficient (Wildman–Crippen LogP) is 1.17. The number of rotatable bonds is 7. The van der Waals surface area contributed by atoms with Crippen molar-refractivity contribution < 1.29 is 14.3 Å². The van der Waals surface area contributed by atoms with Crippen molar-refractivity contribution in [1.29, 1.82) is 0 Å². The summed E-state index contributed by atoms with van der Waals surface area (Å²) >= 11 is 0. The van der Waals surface area contributed by atoms with Gasteiger partial charge in [0.2, 0.25) is 11.8 Å². The van der Waals surface area contributed by atoms with Gasteiger partial charge in [0, 0.05) is 32.9 Å². The van der Waals surface area contributed by atoms with Crippen LogP contribution in [-0.2, 0) is 14.3 Å². The monoisotopic (exact) mass is 303 g/mol. The van der Waals surface area contributed by atoms with Gasteiger partial charge in [-0.15, -0.1) is 0 Å². The van der Waals surface area contributed by atoms with E-state index < -0.39 is 0 Å². The van der Waals surface area contributed by atoms with Gasteiger partial charge in [-0.05, 0) is 5.56 Å². The number of hydrazone groups is 1. The Morgan fingerprint density at radius 1 is 1.27 bits per heavy atom. The van der Waals surface area contributed by atoms with Crippen LogP contribution in [0.5, 0.6) is 0 Å². The average molecular weight is 303 g/mol. The van der Waals surface area contributed by atoms with Crippen molar-refractivity contribution in [2.75, 3.05) is 26.8 Å². The van der Waals surface area contributed by atoms with Gasteiger partial charge in [-0.25, -0.2) is 5.01 Å². The molecule has 0 unspecified atom stereocenters. The molecular formula is C16H21N3O3. The van der Waals surface area contributed by atoms with Crippen LogP contribution in [0.2, 0.25) is 0 Å². The fourth-order valence-electron chi connectivity index (χ4n) is 2.20. The van der Waals surface area contributed by atoms with E-state index in [1.165, 1.54) is 5.01 Å². The molecule has 118 valence electrons. The Labute approximate surface area is 130 Å². The molecule has 0 radical (unpaired) electrons. The summed E-state index contributed by atoms with van der Waals surface area (Å²) in [5.74, 6) is -0.260. The Bertz CT molecular complexity index is 543. The molecule has 0 bridgehead atoms. The van der Waals surface area contributed by atoms with Gasteiger partial charge in [-0.2, -0.15) is 5.10 Å². The first-order valence-electron chi connectivity index (χ1n) is 7.39. The Morgan fingerprint density at radius 2 is 2.05 bits per heavy atom. The van der Waals surface area contributed by atoms with E-state index in [4.69, 9.17) is 4.74 Å². The van der Waals surface area contributed by atoms with E-state index in [-0.39, 0.29) is 24.7 Å². The third-order valence-electron chi connectivity index (χ3n) is 3.39. The lowest BCUT2D eigenvalue weighted by atomic mass is 10.1. The van der Waals surface area contributed by atoms with E-state index in [2.05, 4.69) is 10.4 Å². The van der Waals surface area contributed by atoms with Gasteiger partial charge in [-0.3, -0.25) is 9.59 Å². The summed E-state index contributed by atoms with van der Waals surface area (Å²) in [7, 11) is 1.57. The van der Waals surface area contributed by atoms with Crippen molar-refractivity contribution in [3.8, 4) is 0 Å². The zero-order valence-corrected chi connectivity index (χ0v) is 12.7. The van der Waals surface area contributed by atoms with E-state index >= 15 is 0 Å². The molecule has 0 saturated carbocycles. The second-order valence-electron chi connectivity index (χ2n) is 5.02. The van der Waals surface area contributed by atoms with Crippen LogP contribution >= 0.6 is 0 Å². The molecule has 1 N–H and O–H groups in total. The number of methoxy groups -OCH3 is 1. The number of hydrogen-bond donors (Lipinski definition) is 1. The van der Waals surface area contributed by atoms with Crippen LogP contribution in [0.25, 0.3) is 0 Å². The molecule has 1 heterocycles. The van der Waals surface area contributed by atoms with Gasteiger partial charge >= 0.3 is 0 Å². The molecule has 22 heavy (non-hydrogen) atoms. The van der Waals surface area contributed by atoms with Crippen LogP contribution in [0.4, 0.5) is 0 Å². The maximum atomic E-state index is 12.1. The van der Waals surface area contributed by atoms with Crippen molar-refractivity contribution in [3.05, 3.63) is 35.9 Å². The van der Waals surface area contributed by atoms with E-state index in [0.29, 0.717) is 19.7 Å². The fraction of sp³-hybridized carbons (Fsp3) is 0.438. The summed E-state index contributed by atoms with van der Waals surface area (Å²) < 4.78 is 4.85. The van der Waals surface area contributed by atoms with E-state index in [1.54, 1.807) is 7.11 Å². The second-order valence-corrected chi connectivity index (χ2v) is 5.02. The van der Waals surface area contributed by atoms with E-state index in [0.717, 1.165) is 17.7 Å². The standard InChI is InChI=1S/C16H21N3O3/c1-22-12-10-17-15(20)7-8-16(21)19-11-9-14(18-19)13-5-3-2-4-6-13/h2-6H,7-12H2,1H3,(H,17,20). The molecule has 1 aromatic carbocycles. The third kappa shape index (κ3) is 4.66. The summed E-state index contributed by atoms with van der Waals surface area (Å²) in [6.07, 6.45) is 1.09. The highest BCUT2D eigenvalue weighted by molar-refractivity contribution is 6.02. The summed E-state index contributed by atoms with van der Waals surface area (Å²) in [4.78, 5) is 23.6. The van der Waals surface area contributed by atoms with Crippen molar-refractivity contribution in [2.24, 2.45) is 5.10 Å². The summed E-state index contributed by atoms with van der Waals surface area (Å²) in [6, 6.07) is 9.82. The van der Waals surface area contributed by atoms with Gasteiger partial charge in [-0.1, -0.05) is 30.3 Å². The number of carbonyl (C=O) groups is 2. The van der Waals surface area contributed by atoms with Crippen LogP contribution in [0.1, 0.15) is 24.8 Å². The van der Waals surface area contributed by atoms with Crippen molar-refractivity contribution in [1.82, 2.24) is 10.3 Å². The Morgan fingerprint density at radius 3 is 2.77 bits per heavy atom. The maximum absolute atomic E-state index is 12.1. The summed E-state index contributed by atoms with van der Waals surface area (Å²) in [5.41, 5.74) is 1.95. The lowest BCUT2D eigenvalue weighted by Gasteiger charge is -2.11. The molecular weight excluding hydrogens is 282 g/mol. The van der Waals surface area contributed by atoms with Gasteiger partial charge in [0.1, 0.15) is 0 Å². The minimum atomic E-state index is -0.142. The topological polar surface area (TPSA) is 71.0 Å². The molecule has 0 atom stereocenters. The normalized spacial score (nSPS) is 13.9. The molecule has 2 amide bonds. The van der Waals surface area contributed by atoms with Crippen molar-refractivity contribution >= 4 is 17.5 Å². The molecule has 0 aromatic heterocycles. The Kier molecular flexibility index (Phi) is 6.09. The SMILES string of the molecule is COCCNC(=O)CCC(=O)N1CCC(c2ccccc2)=N1. The first-order valence-corrected chi connectivity index (χ1v) is 7.39. The quantitative estimate of drug-likeness (QED) is 0.769. The zero-order valence-electron chi connectivity index (χ0n) is 12.7. The minimum absolute atomic E-state index is 0.118. The molecule has 0 fully saturated rings. The van der Waals surface area contributed by atoms with Gasteiger partial charge in [0.25, 0.3) is 0 Å². The van der Waals surface area contributed by atoms with Gasteiger partial charge in [0.15, 0.2) is 0 Å². The molecule has 0 aliphatic carbocycles. The fourth-order valence-corrected chi connectivity index (χ4v) is 2.20. The molecule has 0 saturated heterocycles. The number of amides is 2. The van der Waals surface area contributed by atoms with Crippen LogP contribution < -0.4 is 5.32 Å². The maximum Gasteiger partial charge on any atom is 0.243 e. The third-order valence-corrected chi connectivity index (χ3v) is 3.39. The zero-order chi connectivity index (χ0) is 15.8. The lowest BCUT2D eigenvalue weighted by Crippen LogP contribution is -2.29. The number of nitrogens with zero attached hydrogens (tertiary/aromatic N) is 2. The minimum Gasteiger partial charge on any atom is -0.383 e. The Hall–Kier alpha value is -2.21. The smallest absolute Gasteiger partial charge is 0.243 e. The second kappa shape index (κ2) is 8.29. The number of ether oxygens (including phenoxy) is 1.